The van der Waals surface area contributed by atoms with E-state index in [-0.39, 0.29) is 23.6 Å². The van der Waals surface area contributed by atoms with Crippen LogP contribution < -0.4 is 0 Å². The summed E-state index contributed by atoms with van der Waals surface area (Å²) in [6, 6.07) is 3.38. The molecule has 1 aromatic rings. The molecule has 7 heteroatoms. The highest BCUT2D eigenvalue weighted by atomic mass is 35.5. The molecule has 1 aromatic carbocycles. The molecule has 1 fully saturated rings. The van der Waals surface area contributed by atoms with Gasteiger partial charge in [0.1, 0.15) is 11.4 Å². The fourth-order valence-electron chi connectivity index (χ4n) is 2.34. The van der Waals surface area contributed by atoms with Gasteiger partial charge in [0.2, 0.25) is 5.78 Å². The van der Waals surface area contributed by atoms with Gasteiger partial charge in [0.25, 0.3) is 0 Å². The summed E-state index contributed by atoms with van der Waals surface area (Å²) < 4.78 is 33.5. The van der Waals surface area contributed by atoms with E-state index in [9.17, 15) is 18.4 Å². The highest BCUT2D eigenvalue weighted by Crippen LogP contribution is 2.31. The first-order valence-electron chi connectivity index (χ1n) is 7.18. The third kappa shape index (κ3) is 3.99. The van der Waals surface area contributed by atoms with E-state index >= 15 is 0 Å². The van der Waals surface area contributed by atoms with E-state index in [4.69, 9.17) is 16.3 Å². The van der Waals surface area contributed by atoms with Crippen LogP contribution in [-0.4, -0.2) is 41.1 Å². The summed E-state index contributed by atoms with van der Waals surface area (Å²) in [4.78, 5) is 25.4. The van der Waals surface area contributed by atoms with E-state index in [0.29, 0.717) is 0 Å². The normalized spacial score (nSPS) is 21.4. The van der Waals surface area contributed by atoms with Gasteiger partial charge in [-0.3, -0.25) is 4.79 Å². The SMILES string of the molecule is CC(C)(C)OC(=O)N1CCC(F)(C(=O)c2ccc(Cl)c(F)c2)C1. The summed E-state index contributed by atoms with van der Waals surface area (Å²) in [7, 11) is 0. The minimum absolute atomic E-state index is 0.0627. The summed E-state index contributed by atoms with van der Waals surface area (Å²) in [5.41, 5.74) is -3.07. The number of rotatable bonds is 2. The maximum atomic E-state index is 14.9. The van der Waals surface area contributed by atoms with Crippen LogP contribution in [0, 0.1) is 5.82 Å². The van der Waals surface area contributed by atoms with Crippen LogP contribution >= 0.6 is 11.6 Å². The van der Waals surface area contributed by atoms with Crippen LogP contribution in [-0.2, 0) is 4.74 Å². The van der Waals surface area contributed by atoms with Gasteiger partial charge in [-0.2, -0.15) is 0 Å². The Balaban J connectivity index is 2.12. The van der Waals surface area contributed by atoms with Gasteiger partial charge in [-0.05, 0) is 39.0 Å². The number of ether oxygens (including phenoxy) is 1. The number of likely N-dealkylation sites (tertiary alicyclic amines) is 1. The van der Waals surface area contributed by atoms with Crippen LogP contribution in [0.4, 0.5) is 13.6 Å². The van der Waals surface area contributed by atoms with Crippen molar-refractivity contribution in [2.45, 2.75) is 38.5 Å². The van der Waals surface area contributed by atoms with E-state index < -0.39 is 35.5 Å². The summed E-state index contributed by atoms with van der Waals surface area (Å²) in [6.07, 6.45) is -0.831. The largest absolute Gasteiger partial charge is 0.444 e. The van der Waals surface area contributed by atoms with E-state index in [1.165, 1.54) is 12.1 Å². The maximum absolute atomic E-state index is 14.9. The first kappa shape index (κ1) is 17.7. The second kappa shape index (κ2) is 6.07. The van der Waals surface area contributed by atoms with Crippen molar-refractivity contribution in [3.05, 3.63) is 34.6 Å². The molecule has 1 unspecified atom stereocenters. The predicted octanol–water partition coefficient (Wildman–Crippen LogP) is 4.01. The van der Waals surface area contributed by atoms with Crippen LogP contribution in [0.3, 0.4) is 0 Å². The molecular formula is C16H18ClF2NO3. The zero-order valence-corrected chi connectivity index (χ0v) is 13.9. The molecule has 1 atom stereocenters. The summed E-state index contributed by atoms with van der Waals surface area (Å²) in [5.74, 6) is -1.65. The zero-order valence-electron chi connectivity index (χ0n) is 13.2. The van der Waals surface area contributed by atoms with Gasteiger partial charge in [-0.1, -0.05) is 11.6 Å². The van der Waals surface area contributed by atoms with E-state index in [1.807, 2.05) is 0 Å². The van der Waals surface area contributed by atoms with Crippen LogP contribution in [0.2, 0.25) is 5.02 Å². The molecule has 0 bridgehead atoms. The number of carbonyl (C=O) groups is 2. The second-order valence-corrected chi connectivity index (χ2v) is 6.98. The second-order valence-electron chi connectivity index (χ2n) is 6.58. The Morgan fingerprint density at radius 3 is 2.57 bits per heavy atom. The van der Waals surface area contributed by atoms with Crippen molar-refractivity contribution in [3.63, 3.8) is 0 Å². The molecule has 1 saturated heterocycles. The van der Waals surface area contributed by atoms with Gasteiger partial charge >= 0.3 is 6.09 Å². The molecule has 23 heavy (non-hydrogen) atoms. The first-order valence-corrected chi connectivity index (χ1v) is 7.56. The Bertz CT molecular complexity index is 645. The number of benzene rings is 1. The van der Waals surface area contributed by atoms with Crippen molar-refractivity contribution in [3.8, 4) is 0 Å². The fraction of sp³-hybridized carbons (Fsp3) is 0.500. The first-order chi connectivity index (χ1) is 10.5. The highest BCUT2D eigenvalue weighted by Gasteiger charge is 2.47. The van der Waals surface area contributed by atoms with Gasteiger partial charge < -0.3 is 9.64 Å². The van der Waals surface area contributed by atoms with Crippen molar-refractivity contribution in [2.75, 3.05) is 13.1 Å². The van der Waals surface area contributed by atoms with E-state index in [1.54, 1.807) is 20.8 Å². The molecule has 0 N–H and O–H groups in total. The molecule has 0 aliphatic carbocycles. The van der Waals surface area contributed by atoms with Crippen molar-refractivity contribution in [2.24, 2.45) is 0 Å². The standard InChI is InChI=1S/C16H18ClF2NO3/c1-15(2,3)23-14(22)20-7-6-16(19,9-20)13(21)10-4-5-11(17)12(18)8-10/h4-5,8H,6-7,9H2,1-3H3. The fourth-order valence-corrected chi connectivity index (χ4v) is 2.45. The Labute approximate surface area is 138 Å². The zero-order chi connectivity index (χ0) is 17.4. The molecule has 1 aliphatic heterocycles. The number of Topliss-reactive ketones (excluding diaryl/α,β-unsaturated/α-hetero) is 1. The Morgan fingerprint density at radius 2 is 2.00 bits per heavy atom. The third-order valence-corrected chi connectivity index (χ3v) is 3.77. The predicted molar refractivity (Wildman–Crippen MR) is 82.0 cm³/mol. The van der Waals surface area contributed by atoms with Crippen molar-refractivity contribution < 1.29 is 23.1 Å². The van der Waals surface area contributed by atoms with Gasteiger partial charge in [0, 0.05) is 18.5 Å². The monoisotopic (exact) mass is 345 g/mol. The van der Waals surface area contributed by atoms with Crippen molar-refractivity contribution in [1.29, 1.82) is 0 Å². The number of hydrogen-bond acceptors (Lipinski definition) is 3. The minimum Gasteiger partial charge on any atom is -0.444 e. The lowest BCUT2D eigenvalue weighted by Gasteiger charge is -2.25. The van der Waals surface area contributed by atoms with Crippen LogP contribution in [0.5, 0.6) is 0 Å². The minimum atomic E-state index is -2.25. The molecule has 0 spiro atoms. The molecule has 4 nitrogen and oxygen atoms in total. The number of hydrogen-bond donors (Lipinski definition) is 0. The van der Waals surface area contributed by atoms with Crippen LogP contribution in [0.15, 0.2) is 18.2 Å². The van der Waals surface area contributed by atoms with Gasteiger partial charge in [0.05, 0.1) is 11.6 Å². The third-order valence-electron chi connectivity index (χ3n) is 3.46. The molecule has 126 valence electrons. The number of carbonyl (C=O) groups excluding carboxylic acids is 2. The summed E-state index contributed by atoms with van der Waals surface area (Å²) >= 11 is 5.56. The molecule has 2 rings (SSSR count). The quantitative estimate of drug-likeness (QED) is 0.761. The average molecular weight is 346 g/mol. The molecule has 0 aromatic heterocycles. The summed E-state index contributed by atoms with van der Waals surface area (Å²) in [6.45, 7) is 4.75. The molecule has 1 heterocycles. The topological polar surface area (TPSA) is 46.6 Å². The van der Waals surface area contributed by atoms with Crippen molar-refractivity contribution in [1.82, 2.24) is 4.90 Å². The number of ketones is 1. The van der Waals surface area contributed by atoms with Crippen LogP contribution in [0.25, 0.3) is 0 Å². The highest BCUT2D eigenvalue weighted by molar-refractivity contribution is 6.30. The molecule has 0 saturated carbocycles. The van der Waals surface area contributed by atoms with E-state index in [2.05, 4.69) is 0 Å². The number of alkyl halides is 1. The lowest BCUT2D eigenvalue weighted by molar-refractivity contribution is 0.0260. The molecule has 1 amide bonds. The Kier molecular flexibility index (Phi) is 4.66. The molecular weight excluding hydrogens is 328 g/mol. The van der Waals surface area contributed by atoms with Crippen molar-refractivity contribution >= 4 is 23.5 Å². The summed E-state index contributed by atoms with van der Waals surface area (Å²) in [5, 5.41) is -0.142. The number of nitrogens with zero attached hydrogens (tertiary/aromatic N) is 1. The number of amides is 1. The van der Waals surface area contributed by atoms with Crippen LogP contribution in [0.1, 0.15) is 37.6 Å². The van der Waals surface area contributed by atoms with Gasteiger partial charge in [-0.25, -0.2) is 13.6 Å². The lowest BCUT2D eigenvalue weighted by atomic mass is 9.94. The average Bonchev–Trinajstić information content (AvgIpc) is 2.83. The lowest BCUT2D eigenvalue weighted by Crippen LogP contribution is -2.41. The molecule has 0 radical (unpaired) electrons. The van der Waals surface area contributed by atoms with Gasteiger partial charge in [0.15, 0.2) is 5.67 Å². The van der Waals surface area contributed by atoms with E-state index in [0.717, 1.165) is 11.0 Å². The molecule has 1 aliphatic rings. The Morgan fingerprint density at radius 1 is 1.35 bits per heavy atom. The maximum Gasteiger partial charge on any atom is 0.410 e. The Hall–Kier alpha value is -1.69. The smallest absolute Gasteiger partial charge is 0.410 e. The van der Waals surface area contributed by atoms with Gasteiger partial charge in [-0.15, -0.1) is 0 Å². The number of halogens is 3.